The zero-order valence-corrected chi connectivity index (χ0v) is 23.2. The van der Waals surface area contributed by atoms with Gasteiger partial charge in [-0.1, -0.05) is 12.1 Å². The van der Waals surface area contributed by atoms with Crippen LogP contribution in [-0.4, -0.2) is 76.9 Å². The molecule has 44 heavy (non-hydrogen) atoms. The van der Waals surface area contributed by atoms with Crippen LogP contribution in [0.3, 0.4) is 0 Å². The van der Waals surface area contributed by atoms with Gasteiger partial charge in [0.05, 0.1) is 29.7 Å². The molecule has 0 bridgehead atoms. The molecule has 0 aromatic heterocycles. The molecule has 16 heteroatoms. The summed E-state index contributed by atoms with van der Waals surface area (Å²) in [4.78, 5) is 52.7. The summed E-state index contributed by atoms with van der Waals surface area (Å²) in [5, 5.41) is 28.1. The number of hydrogen-bond acceptors (Lipinski definition) is 8. The molecule has 7 atom stereocenters. The molecule has 238 valence electrons. The monoisotopic (exact) mass is 629 g/mol. The number of amides is 3. The van der Waals surface area contributed by atoms with Crippen molar-refractivity contribution in [1.82, 2.24) is 16.0 Å². The minimum atomic E-state index is -2.43. The molecular formula is C28H28F5N3O8. The highest BCUT2D eigenvalue weighted by atomic mass is 19.2. The maximum atomic E-state index is 14.6. The van der Waals surface area contributed by atoms with E-state index in [1.54, 1.807) is 0 Å². The Morgan fingerprint density at radius 1 is 0.955 bits per heavy atom. The summed E-state index contributed by atoms with van der Waals surface area (Å²) in [5.74, 6) is -17.8. The number of carbonyl (C=O) groups excluding carboxylic acids is 4. The first kappa shape index (κ1) is 32.6. The van der Waals surface area contributed by atoms with Crippen molar-refractivity contribution in [2.24, 2.45) is 5.92 Å². The number of hydrogen-bond donors (Lipinski definition) is 5. The molecule has 2 aliphatic rings. The molecule has 2 saturated heterocycles. The van der Waals surface area contributed by atoms with Crippen molar-refractivity contribution in [1.29, 1.82) is 0 Å². The van der Waals surface area contributed by atoms with Crippen LogP contribution in [0.5, 0.6) is 5.75 Å². The Balaban J connectivity index is 1.75. The molecular weight excluding hydrogens is 601 g/mol. The normalized spacial score (nSPS) is 28.0. The summed E-state index contributed by atoms with van der Waals surface area (Å²) >= 11 is 0. The van der Waals surface area contributed by atoms with E-state index in [9.17, 15) is 51.3 Å². The Labute approximate surface area is 246 Å². The van der Waals surface area contributed by atoms with E-state index >= 15 is 0 Å². The highest BCUT2D eigenvalue weighted by Gasteiger charge is 2.43. The summed E-state index contributed by atoms with van der Waals surface area (Å²) in [5.41, 5.74) is -1.67. The van der Waals surface area contributed by atoms with Gasteiger partial charge in [-0.25, -0.2) is 22.0 Å². The van der Waals surface area contributed by atoms with E-state index in [0.717, 1.165) is 6.92 Å². The van der Waals surface area contributed by atoms with E-state index in [0.29, 0.717) is 6.42 Å². The summed E-state index contributed by atoms with van der Waals surface area (Å²) < 4.78 is 81.5. The van der Waals surface area contributed by atoms with Gasteiger partial charge in [0.15, 0.2) is 23.3 Å². The van der Waals surface area contributed by atoms with Crippen molar-refractivity contribution in [3.05, 3.63) is 64.5 Å². The first-order chi connectivity index (χ1) is 20.7. The standard InChI is InChI=1S/C28H28F5N3O8/c1-10-23(38)14(9-13-17(29)19(31)21(33)20(32)18(13)30)35-26(40)22(36-25(39)12-5-3-4-6-15(12)37)11(2)34-27(41)24(44-28(10)42)16-7-8-43-16/h3-6,10-11,14,16,22-24,37-38H,7-9H2,1-2H3,(H,34,41)(H,35,40)(H,36,39)/t10-,11-,14+,16?,22+,23+,24?/m1/s1. The number of phenols is 1. The number of aromatic hydroxyl groups is 1. The fourth-order valence-corrected chi connectivity index (χ4v) is 4.78. The number of ether oxygens (including phenoxy) is 2. The Morgan fingerprint density at radius 3 is 2.11 bits per heavy atom. The minimum absolute atomic E-state index is 0.241. The lowest BCUT2D eigenvalue weighted by atomic mass is 9.91. The largest absolute Gasteiger partial charge is 0.507 e. The molecule has 3 amide bonds. The highest BCUT2D eigenvalue weighted by molar-refractivity contribution is 6.00. The molecule has 4 rings (SSSR count). The number of aliphatic hydroxyl groups is 1. The number of carbonyl (C=O) groups is 4. The number of phenolic OH excluding ortho intramolecular Hbond substituents is 1. The second-order valence-electron chi connectivity index (χ2n) is 10.5. The van der Waals surface area contributed by atoms with Crippen LogP contribution in [0.1, 0.15) is 36.2 Å². The Kier molecular flexibility index (Phi) is 9.73. The molecule has 5 N–H and O–H groups in total. The number of nitrogens with one attached hydrogen (secondary N) is 3. The Morgan fingerprint density at radius 2 is 1.55 bits per heavy atom. The summed E-state index contributed by atoms with van der Waals surface area (Å²) in [6.45, 7) is 2.61. The van der Waals surface area contributed by atoms with Crippen molar-refractivity contribution in [3.63, 3.8) is 0 Å². The van der Waals surface area contributed by atoms with E-state index in [1.165, 1.54) is 31.2 Å². The molecule has 2 aliphatic heterocycles. The maximum absolute atomic E-state index is 14.6. The van der Waals surface area contributed by atoms with Crippen LogP contribution < -0.4 is 16.0 Å². The lowest BCUT2D eigenvalue weighted by Crippen LogP contribution is -2.63. The molecule has 2 unspecified atom stereocenters. The predicted octanol–water partition coefficient (Wildman–Crippen LogP) is 1.13. The van der Waals surface area contributed by atoms with Gasteiger partial charge < -0.3 is 35.6 Å². The lowest BCUT2D eigenvalue weighted by Gasteiger charge is -2.37. The van der Waals surface area contributed by atoms with Crippen molar-refractivity contribution in [3.8, 4) is 5.75 Å². The van der Waals surface area contributed by atoms with Crippen LogP contribution >= 0.6 is 0 Å². The summed E-state index contributed by atoms with van der Waals surface area (Å²) in [7, 11) is 0. The molecule has 0 saturated carbocycles. The Bertz CT molecular complexity index is 1440. The number of benzene rings is 2. The summed E-state index contributed by atoms with van der Waals surface area (Å²) in [6, 6.07) is 0.333. The Hall–Kier alpha value is -4.31. The summed E-state index contributed by atoms with van der Waals surface area (Å²) in [6.07, 6.45) is -5.44. The van der Waals surface area contributed by atoms with Gasteiger partial charge in [0, 0.05) is 25.0 Å². The van der Waals surface area contributed by atoms with Crippen molar-refractivity contribution in [2.75, 3.05) is 6.61 Å². The van der Waals surface area contributed by atoms with Gasteiger partial charge >= 0.3 is 5.97 Å². The zero-order chi connectivity index (χ0) is 32.5. The van der Waals surface area contributed by atoms with Gasteiger partial charge in [-0.15, -0.1) is 0 Å². The second kappa shape index (κ2) is 13.1. The van der Waals surface area contributed by atoms with E-state index in [4.69, 9.17) is 9.47 Å². The van der Waals surface area contributed by atoms with Crippen LogP contribution in [0.4, 0.5) is 22.0 Å². The van der Waals surface area contributed by atoms with E-state index < -0.39 is 113 Å². The fraction of sp³-hybridized carbons (Fsp3) is 0.429. The lowest BCUT2D eigenvalue weighted by molar-refractivity contribution is -0.184. The van der Waals surface area contributed by atoms with Crippen LogP contribution in [0, 0.1) is 35.0 Å². The topological polar surface area (TPSA) is 163 Å². The molecule has 0 spiro atoms. The number of esters is 1. The number of cyclic esters (lactones) is 1. The quantitative estimate of drug-likeness (QED) is 0.142. The number of aliphatic hydroxyl groups excluding tert-OH is 1. The van der Waals surface area contributed by atoms with Crippen LogP contribution in [0.2, 0.25) is 0 Å². The fourth-order valence-electron chi connectivity index (χ4n) is 4.78. The van der Waals surface area contributed by atoms with E-state index in [2.05, 4.69) is 16.0 Å². The van der Waals surface area contributed by atoms with Crippen molar-refractivity contribution in [2.45, 2.75) is 63.1 Å². The molecule has 0 radical (unpaired) electrons. The first-order valence-electron chi connectivity index (χ1n) is 13.4. The molecule has 11 nitrogen and oxygen atoms in total. The number of para-hydroxylation sites is 1. The highest BCUT2D eigenvalue weighted by Crippen LogP contribution is 2.27. The molecule has 2 heterocycles. The maximum Gasteiger partial charge on any atom is 0.312 e. The zero-order valence-electron chi connectivity index (χ0n) is 23.2. The van der Waals surface area contributed by atoms with Crippen LogP contribution in [0.15, 0.2) is 24.3 Å². The van der Waals surface area contributed by atoms with Crippen molar-refractivity contribution >= 4 is 23.7 Å². The minimum Gasteiger partial charge on any atom is -0.507 e. The van der Waals surface area contributed by atoms with Crippen molar-refractivity contribution < 1.29 is 60.8 Å². The van der Waals surface area contributed by atoms with Crippen LogP contribution in [0.25, 0.3) is 0 Å². The molecule has 2 aromatic rings. The smallest absolute Gasteiger partial charge is 0.312 e. The predicted molar refractivity (Wildman–Crippen MR) is 138 cm³/mol. The van der Waals surface area contributed by atoms with Gasteiger partial charge in [0.1, 0.15) is 17.9 Å². The average molecular weight is 630 g/mol. The van der Waals surface area contributed by atoms with Gasteiger partial charge in [-0.3, -0.25) is 19.2 Å². The molecule has 2 fully saturated rings. The molecule has 0 aliphatic carbocycles. The number of rotatable bonds is 5. The third-order valence-corrected chi connectivity index (χ3v) is 7.51. The van der Waals surface area contributed by atoms with Gasteiger partial charge in [0.25, 0.3) is 11.8 Å². The third-order valence-electron chi connectivity index (χ3n) is 7.51. The second-order valence-corrected chi connectivity index (χ2v) is 10.5. The van der Waals surface area contributed by atoms with E-state index in [1.807, 2.05) is 0 Å². The van der Waals surface area contributed by atoms with Crippen LogP contribution in [-0.2, 0) is 30.3 Å². The van der Waals surface area contributed by atoms with Gasteiger partial charge in [-0.2, -0.15) is 0 Å². The van der Waals surface area contributed by atoms with E-state index in [-0.39, 0.29) is 12.2 Å². The first-order valence-corrected chi connectivity index (χ1v) is 13.4. The van der Waals surface area contributed by atoms with Gasteiger partial charge in [-0.05, 0) is 26.0 Å². The molecule has 2 aromatic carbocycles. The number of halogens is 5. The SMILES string of the molecule is C[C@H]1NC(=O)C(C2CCO2)OC(=O)[C@H](C)[C@H](O)[C@H](Cc2c(F)c(F)c(F)c(F)c2F)NC(=O)[C@H]1NC(=O)c1ccccc1O. The van der Waals surface area contributed by atoms with Gasteiger partial charge in [0.2, 0.25) is 17.8 Å². The average Bonchev–Trinajstić information content (AvgIpc) is 2.96. The third kappa shape index (κ3) is 6.45.